The van der Waals surface area contributed by atoms with Gasteiger partial charge in [0.1, 0.15) is 5.60 Å². The summed E-state index contributed by atoms with van der Waals surface area (Å²) in [7, 11) is 1.65. The van der Waals surface area contributed by atoms with Crippen LogP contribution in [-0.4, -0.2) is 30.4 Å². The second-order valence-electron chi connectivity index (χ2n) is 4.91. The molecule has 100 valence electrons. The van der Waals surface area contributed by atoms with Gasteiger partial charge < -0.3 is 9.47 Å². The molecule has 0 aliphatic carbocycles. The first-order valence-corrected chi connectivity index (χ1v) is 5.84. The van der Waals surface area contributed by atoms with Crippen LogP contribution in [0.1, 0.15) is 26.5 Å². The highest BCUT2D eigenvalue weighted by Crippen LogP contribution is 2.11. The average molecular weight is 252 g/mol. The summed E-state index contributed by atoms with van der Waals surface area (Å²) in [6.45, 7) is 6.09. The molecule has 1 amide bonds. The highest BCUT2D eigenvalue weighted by molar-refractivity contribution is 5.84. The molecule has 1 aromatic heterocycles. The van der Waals surface area contributed by atoms with Crippen molar-refractivity contribution in [2.45, 2.75) is 32.8 Å². The first-order valence-electron chi connectivity index (χ1n) is 5.84. The topological polar surface area (TPSA) is 60.5 Å². The standard InChI is InChI=1S/C13H20N2O3/c1-13(2,3)18-12(16)15-11-6-5-10(14-9-11)7-8-17-4/h5-6,9H,7-8H2,1-4H3,(H,15,16). The Morgan fingerprint density at radius 2 is 2.11 bits per heavy atom. The number of nitrogens with one attached hydrogen (secondary N) is 1. The maximum absolute atomic E-state index is 11.5. The fourth-order valence-electron chi connectivity index (χ4n) is 1.27. The van der Waals surface area contributed by atoms with Gasteiger partial charge in [0.15, 0.2) is 0 Å². The minimum Gasteiger partial charge on any atom is -0.444 e. The number of nitrogens with zero attached hydrogens (tertiary/aromatic N) is 1. The van der Waals surface area contributed by atoms with E-state index in [1.54, 1.807) is 19.4 Å². The molecule has 0 spiro atoms. The molecule has 5 heteroatoms. The monoisotopic (exact) mass is 252 g/mol. The van der Waals surface area contributed by atoms with Crippen molar-refractivity contribution in [3.63, 3.8) is 0 Å². The minimum absolute atomic E-state index is 0.478. The summed E-state index contributed by atoms with van der Waals surface area (Å²) in [5.41, 5.74) is 1.03. The second kappa shape index (κ2) is 6.35. The van der Waals surface area contributed by atoms with Crippen LogP contribution in [0.5, 0.6) is 0 Å². The van der Waals surface area contributed by atoms with Crippen LogP contribution < -0.4 is 5.32 Å². The van der Waals surface area contributed by atoms with Crippen molar-refractivity contribution in [1.82, 2.24) is 4.98 Å². The highest BCUT2D eigenvalue weighted by atomic mass is 16.6. The summed E-state index contributed by atoms with van der Waals surface area (Å²) in [5, 5.41) is 2.63. The molecule has 0 saturated heterocycles. The number of carbonyl (C=O) groups excluding carboxylic acids is 1. The van der Waals surface area contributed by atoms with Crippen LogP contribution >= 0.6 is 0 Å². The first kappa shape index (κ1) is 14.4. The molecule has 1 heterocycles. The van der Waals surface area contributed by atoms with E-state index in [1.807, 2.05) is 26.8 Å². The largest absolute Gasteiger partial charge is 0.444 e. The van der Waals surface area contributed by atoms with Gasteiger partial charge in [-0.15, -0.1) is 0 Å². The SMILES string of the molecule is COCCc1ccc(NC(=O)OC(C)(C)C)cn1. The van der Waals surface area contributed by atoms with Crippen LogP contribution in [0.25, 0.3) is 0 Å². The zero-order chi connectivity index (χ0) is 13.6. The molecule has 0 aliphatic rings. The molecule has 0 aliphatic heterocycles. The Hall–Kier alpha value is -1.62. The van der Waals surface area contributed by atoms with Crippen LogP contribution in [0, 0.1) is 0 Å². The molecule has 1 rings (SSSR count). The van der Waals surface area contributed by atoms with E-state index >= 15 is 0 Å². The molecule has 5 nitrogen and oxygen atoms in total. The van der Waals surface area contributed by atoms with Gasteiger partial charge >= 0.3 is 6.09 Å². The molecule has 0 bridgehead atoms. The van der Waals surface area contributed by atoms with Gasteiger partial charge in [-0.2, -0.15) is 0 Å². The molecule has 0 radical (unpaired) electrons. The zero-order valence-corrected chi connectivity index (χ0v) is 11.3. The third-order valence-corrected chi connectivity index (χ3v) is 2.03. The Balaban J connectivity index is 2.50. The normalized spacial score (nSPS) is 11.1. The quantitative estimate of drug-likeness (QED) is 0.894. The number of rotatable bonds is 4. The van der Waals surface area contributed by atoms with Crippen LogP contribution in [0.3, 0.4) is 0 Å². The Labute approximate surface area is 108 Å². The molecule has 1 N–H and O–H groups in total. The van der Waals surface area contributed by atoms with E-state index in [1.165, 1.54) is 0 Å². The maximum Gasteiger partial charge on any atom is 0.412 e. The second-order valence-corrected chi connectivity index (χ2v) is 4.91. The van der Waals surface area contributed by atoms with Crippen molar-refractivity contribution < 1.29 is 14.3 Å². The van der Waals surface area contributed by atoms with Gasteiger partial charge in [0.2, 0.25) is 0 Å². The Morgan fingerprint density at radius 1 is 1.39 bits per heavy atom. The van der Waals surface area contributed by atoms with Gasteiger partial charge in [0, 0.05) is 19.2 Å². The van der Waals surface area contributed by atoms with Crippen LogP contribution in [-0.2, 0) is 15.9 Å². The molecule has 0 atom stereocenters. The van der Waals surface area contributed by atoms with Crippen LogP contribution in [0.4, 0.5) is 10.5 Å². The fourth-order valence-corrected chi connectivity index (χ4v) is 1.27. The molecule has 0 saturated carbocycles. The number of carbonyl (C=O) groups is 1. The number of aromatic nitrogens is 1. The van der Waals surface area contributed by atoms with Crippen molar-refractivity contribution in [2.24, 2.45) is 0 Å². The Kier molecular flexibility index (Phi) is 5.09. The Bertz CT molecular complexity index is 382. The first-order chi connectivity index (χ1) is 8.40. The molecular weight excluding hydrogens is 232 g/mol. The molecule has 0 fully saturated rings. The number of hydrogen-bond donors (Lipinski definition) is 1. The van der Waals surface area contributed by atoms with Crippen molar-refractivity contribution in [2.75, 3.05) is 19.0 Å². The van der Waals surface area contributed by atoms with E-state index in [4.69, 9.17) is 9.47 Å². The minimum atomic E-state index is -0.504. The number of methoxy groups -OCH3 is 1. The summed E-state index contributed by atoms with van der Waals surface area (Å²) >= 11 is 0. The molecular formula is C13H20N2O3. The zero-order valence-electron chi connectivity index (χ0n) is 11.3. The van der Waals surface area contributed by atoms with Gasteiger partial charge in [-0.3, -0.25) is 10.3 Å². The van der Waals surface area contributed by atoms with Crippen molar-refractivity contribution >= 4 is 11.8 Å². The third kappa shape index (κ3) is 5.63. The predicted octanol–water partition coefficient (Wildman–Crippen LogP) is 2.62. The van der Waals surface area contributed by atoms with Crippen LogP contribution in [0.2, 0.25) is 0 Å². The lowest BCUT2D eigenvalue weighted by atomic mass is 10.2. The lowest BCUT2D eigenvalue weighted by Crippen LogP contribution is -2.27. The maximum atomic E-state index is 11.5. The summed E-state index contributed by atoms with van der Waals surface area (Å²) < 4.78 is 10.1. The summed E-state index contributed by atoms with van der Waals surface area (Å²) in [4.78, 5) is 15.7. The van der Waals surface area contributed by atoms with Crippen molar-refractivity contribution in [3.05, 3.63) is 24.0 Å². The molecule has 1 aromatic rings. The van der Waals surface area contributed by atoms with Gasteiger partial charge in [0.05, 0.1) is 18.5 Å². The van der Waals surface area contributed by atoms with E-state index in [2.05, 4.69) is 10.3 Å². The van der Waals surface area contributed by atoms with E-state index in [0.717, 1.165) is 12.1 Å². The van der Waals surface area contributed by atoms with E-state index < -0.39 is 11.7 Å². The lowest BCUT2D eigenvalue weighted by Gasteiger charge is -2.19. The molecule has 0 aromatic carbocycles. The Morgan fingerprint density at radius 3 is 2.61 bits per heavy atom. The third-order valence-electron chi connectivity index (χ3n) is 2.03. The van der Waals surface area contributed by atoms with Crippen molar-refractivity contribution in [3.8, 4) is 0 Å². The number of hydrogen-bond acceptors (Lipinski definition) is 4. The summed E-state index contributed by atoms with van der Waals surface area (Å²) in [6, 6.07) is 3.65. The molecule has 18 heavy (non-hydrogen) atoms. The number of ether oxygens (including phenoxy) is 2. The van der Waals surface area contributed by atoms with Crippen LogP contribution in [0.15, 0.2) is 18.3 Å². The lowest BCUT2D eigenvalue weighted by molar-refractivity contribution is 0.0636. The number of pyridine rings is 1. The average Bonchev–Trinajstić information content (AvgIpc) is 2.25. The molecule has 0 unspecified atom stereocenters. The van der Waals surface area contributed by atoms with E-state index in [0.29, 0.717) is 12.3 Å². The van der Waals surface area contributed by atoms with Gasteiger partial charge in [-0.05, 0) is 32.9 Å². The summed E-state index contributed by atoms with van der Waals surface area (Å²) in [6.07, 6.45) is 1.88. The number of anilines is 1. The predicted molar refractivity (Wildman–Crippen MR) is 69.7 cm³/mol. The van der Waals surface area contributed by atoms with Crippen molar-refractivity contribution in [1.29, 1.82) is 0 Å². The summed E-state index contributed by atoms with van der Waals surface area (Å²) in [5.74, 6) is 0. The van der Waals surface area contributed by atoms with E-state index in [9.17, 15) is 4.79 Å². The van der Waals surface area contributed by atoms with Gasteiger partial charge in [-0.25, -0.2) is 4.79 Å². The fraction of sp³-hybridized carbons (Fsp3) is 0.538. The number of amides is 1. The smallest absolute Gasteiger partial charge is 0.412 e. The van der Waals surface area contributed by atoms with Gasteiger partial charge in [-0.1, -0.05) is 0 Å². The van der Waals surface area contributed by atoms with E-state index in [-0.39, 0.29) is 0 Å². The van der Waals surface area contributed by atoms with Gasteiger partial charge in [0.25, 0.3) is 0 Å². The highest BCUT2D eigenvalue weighted by Gasteiger charge is 2.16.